The number of rotatable bonds is 1. The minimum Gasteiger partial charge on any atom is -0.358 e. The predicted octanol–water partition coefficient (Wildman–Crippen LogP) is 0.637. The maximum Gasteiger partial charge on any atom is 0.344 e. The Hall–Kier alpha value is -1.39. The first-order chi connectivity index (χ1) is 4.61. The summed E-state index contributed by atoms with van der Waals surface area (Å²) in [5.41, 5.74) is 0.661. The quantitative estimate of drug-likeness (QED) is 0.425. The molecule has 10 heavy (non-hydrogen) atoms. The van der Waals surface area contributed by atoms with E-state index < -0.39 is 4.92 Å². The van der Waals surface area contributed by atoms with E-state index in [4.69, 9.17) is 0 Å². The third-order valence-corrected chi connectivity index (χ3v) is 1.16. The fourth-order valence-electron chi connectivity index (χ4n) is 0.768. The zero-order valence-corrected chi connectivity index (χ0v) is 5.74. The predicted molar refractivity (Wildman–Crippen MR) is 34.6 cm³/mol. The minimum atomic E-state index is -0.458. The van der Waals surface area contributed by atoms with Gasteiger partial charge in [-0.2, -0.15) is 0 Å². The van der Waals surface area contributed by atoms with Crippen LogP contribution in [0.2, 0.25) is 0 Å². The summed E-state index contributed by atoms with van der Waals surface area (Å²) in [6.07, 6.45) is 0. The molecule has 54 valence electrons. The number of aryl methyl sites for hydroxylation is 2. The average Bonchev–Trinajstić information content (AvgIpc) is 2.10. The highest BCUT2D eigenvalue weighted by atomic mass is 16.6. The van der Waals surface area contributed by atoms with Crippen LogP contribution in [-0.2, 0) is 7.05 Å². The Kier molecular flexibility index (Phi) is 1.41. The molecule has 0 saturated heterocycles. The van der Waals surface area contributed by atoms with Crippen molar-refractivity contribution in [3.05, 3.63) is 21.9 Å². The van der Waals surface area contributed by atoms with Gasteiger partial charge in [0.05, 0.1) is 11.8 Å². The Morgan fingerprint density at radius 3 is 2.60 bits per heavy atom. The summed E-state index contributed by atoms with van der Waals surface area (Å²) in [6.45, 7) is 1.72. The van der Waals surface area contributed by atoms with Gasteiger partial charge in [-0.3, -0.25) is 0 Å². The molecule has 0 radical (unpaired) electrons. The van der Waals surface area contributed by atoms with E-state index in [2.05, 4.69) is 5.10 Å². The maximum atomic E-state index is 10.2. The molecule has 1 rings (SSSR count). The van der Waals surface area contributed by atoms with Crippen LogP contribution in [0.25, 0.3) is 0 Å². The third-order valence-electron chi connectivity index (χ3n) is 1.16. The van der Waals surface area contributed by atoms with E-state index in [0.29, 0.717) is 5.69 Å². The van der Waals surface area contributed by atoms with Gasteiger partial charge in [-0.15, -0.1) is 4.68 Å². The molecule has 0 aromatic carbocycles. The topological polar surface area (TPSA) is 61.0 Å². The van der Waals surface area contributed by atoms with Crippen molar-refractivity contribution in [3.8, 4) is 0 Å². The second-order valence-corrected chi connectivity index (χ2v) is 2.02. The van der Waals surface area contributed by atoms with Crippen molar-refractivity contribution in [3.63, 3.8) is 0 Å². The first-order valence-corrected chi connectivity index (χ1v) is 2.76. The number of nitrogens with zero attached hydrogens (tertiary/aromatic N) is 3. The lowest BCUT2D eigenvalue weighted by atomic mass is 10.5. The lowest BCUT2D eigenvalue weighted by Gasteiger charge is -1.89. The molecule has 0 fully saturated rings. The first-order valence-electron chi connectivity index (χ1n) is 2.76. The maximum absolute atomic E-state index is 10.2. The number of aromatic nitrogens is 2. The van der Waals surface area contributed by atoms with Crippen molar-refractivity contribution in [2.75, 3.05) is 0 Å². The van der Waals surface area contributed by atoms with Crippen LogP contribution in [0.4, 0.5) is 5.82 Å². The Bertz CT molecular complexity index is 266. The molecule has 0 bridgehead atoms. The molecule has 0 N–H and O–H groups in total. The minimum absolute atomic E-state index is 0.0255. The highest BCUT2D eigenvalue weighted by molar-refractivity contribution is 5.21. The highest BCUT2D eigenvalue weighted by Gasteiger charge is 2.10. The van der Waals surface area contributed by atoms with E-state index in [1.807, 2.05) is 0 Å². The molecule has 0 atom stereocenters. The van der Waals surface area contributed by atoms with Gasteiger partial charge in [0.2, 0.25) is 0 Å². The normalized spacial score (nSPS) is 9.80. The van der Waals surface area contributed by atoms with Gasteiger partial charge < -0.3 is 10.1 Å². The summed E-state index contributed by atoms with van der Waals surface area (Å²) in [4.78, 5) is 9.72. The molecule has 0 spiro atoms. The van der Waals surface area contributed by atoms with E-state index in [-0.39, 0.29) is 5.82 Å². The van der Waals surface area contributed by atoms with Gasteiger partial charge in [-0.25, -0.2) is 0 Å². The van der Waals surface area contributed by atoms with Gasteiger partial charge in [-0.05, 0) is 11.8 Å². The average molecular weight is 141 g/mol. The Labute approximate surface area is 57.4 Å². The van der Waals surface area contributed by atoms with Crippen LogP contribution < -0.4 is 0 Å². The van der Waals surface area contributed by atoms with Gasteiger partial charge in [0.1, 0.15) is 7.05 Å². The summed E-state index contributed by atoms with van der Waals surface area (Å²) < 4.78 is 1.25. The molecule has 0 aliphatic carbocycles. The fraction of sp³-hybridized carbons (Fsp3) is 0.400. The molecule has 0 saturated carbocycles. The van der Waals surface area contributed by atoms with Crippen LogP contribution in [0, 0.1) is 17.0 Å². The van der Waals surface area contributed by atoms with E-state index in [9.17, 15) is 10.1 Å². The van der Waals surface area contributed by atoms with Crippen LogP contribution in [0.1, 0.15) is 5.69 Å². The van der Waals surface area contributed by atoms with E-state index in [1.54, 1.807) is 14.0 Å². The Balaban J connectivity index is 3.15. The van der Waals surface area contributed by atoms with Crippen molar-refractivity contribution in [1.29, 1.82) is 0 Å². The smallest absolute Gasteiger partial charge is 0.344 e. The molecular weight excluding hydrogens is 134 g/mol. The van der Waals surface area contributed by atoms with Crippen LogP contribution in [0.5, 0.6) is 0 Å². The van der Waals surface area contributed by atoms with Crippen LogP contribution in [0.3, 0.4) is 0 Å². The Morgan fingerprint density at radius 1 is 1.80 bits per heavy atom. The molecule has 1 aromatic heterocycles. The van der Waals surface area contributed by atoms with Gasteiger partial charge in [0.15, 0.2) is 0 Å². The summed E-state index contributed by atoms with van der Waals surface area (Å²) in [7, 11) is 1.55. The van der Waals surface area contributed by atoms with Gasteiger partial charge in [0, 0.05) is 0 Å². The van der Waals surface area contributed by atoms with Crippen LogP contribution in [-0.4, -0.2) is 14.7 Å². The summed E-state index contributed by atoms with van der Waals surface area (Å²) in [6, 6.07) is 1.43. The molecule has 0 aliphatic rings. The monoisotopic (exact) mass is 141 g/mol. The van der Waals surface area contributed by atoms with Crippen molar-refractivity contribution < 1.29 is 4.92 Å². The second kappa shape index (κ2) is 2.09. The van der Waals surface area contributed by atoms with Crippen molar-refractivity contribution in [1.82, 2.24) is 9.78 Å². The zero-order valence-electron chi connectivity index (χ0n) is 5.74. The SMILES string of the molecule is Cc1cc([N+](=O)[O-])n(C)n1. The van der Waals surface area contributed by atoms with E-state index in [1.165, 1.54) is 10.7 Å². The lowest BCUT2D eigenvalue weighted by Crippen LogP contribution is -1.97. The van der Waals surface area contributed by atoms with Crippen molar-refractivity contribution in [2.45, 2.75) is 6.92 Å². The number of hydrogen-bond acceptors (Lipinski definition) is 3. The zero-order chi connectivity index (χ0) is 7.72. The van der Waals surface area contributed by atoms with Crippen LogP contribution >= 0.6 is 0 Å². The fourth-order valence-corrected chi connectivity index (χ4v) is 0.768. The molecule has 1 heterocycles. The summed E-state index contributed by atoms with van der Waals surface area (Å²) in [5, 5.41) is 14.0. The van der Waals surface area contributed by atoms with E-state index >= 15 is 0 Å². The lowest BCUT2D eigenvalue weighted by molar-refractivity contribution is -0.392. The van der Waals surface area contributed by atoms with Gasteiger partial charge in [-0.1, -0.05) is 5.10 Å². The molecule has 1 aromatic rings. The van der Waals surface area contributed by atoms with Gasteiger partial charge in [0.25, 0.3) is 0 Å². The number of nitro groups is 1. The summed E-state index contributed by atoms with van der Waals surface area (Å²) >= 11 is 0. The molecule has 0 aliphatic heterocycles. The molecule has 0 unspecified atom stereocenters. The Morgan fingerprint density at radius 2 is 2.40 bits per heavy atom. The largest absolute Gasteiger partial charge is 0.358 e. The third kappa shape index (κ3) is 0.975. The molecular formula is C5H7N3O2. The van der Waals surface area contributed by atoms with E-state index in [0.717, 1.165) is 0 Å². The number of hydrogen-bond donors (Lipinski definition) is 0. The standard InChI is InChI=1S/C5H7N3O2/c1-4-3-5(8(9)10)7(2)6-4/h3H,1-2H3. The molecule has 5 heteroatoms. The van der Waals surface area contributed by atoms with Crippen molar-refractivity contribution in [2.24, 2.45) is 7.05 Å². The second-order valence-electron chi connectivity index (χ2n) is 2.02. The van der Waals surface area contributed by atoms with Gasteiger partial charge >= 0.3 is 5.82 Å². The van der Waals surface area contributed by atoms with Crippen LogP contribution in [0.15, 0.2) is 6.07 Å². The first kappa shape index (κ1) is 6.73. The highest BCUT2D eigenvalue weighted by Crippen LogP contribution is 2.09. The molecule has 5 nitrogen and oxygen atoms in total. The summed E-state index contributed by atoms with van der Waals surface area (Å²) in [5.74, 6) is 0.0255. The molecule has 0 amide bonds. The van der Waals surface area contributed by atoms with Crippen molar-refractivity contribution >= 4 is 5.82 Å².